The molecule has 2 aromatic heterocycles. The van der Waals surface area contributed by atoms with E-state index < -0.39 is 35.9 Å². The van der Waals surface area contributed by atoms with E-state index in [0.29, 0.717) is 48.8 Å². The third-order valence-corrected chi connectivity index (χ3v) is 17.0. The number of H-pyrrole nitrogens is 2. The van der Waals surface area contributed by atoms with Crippen molar-refractivity contribution in [3.8, 4) is 0 Å². The van der Waals surface area contributed by atoms with E-state index in [9.17, 15) is 24.3 Å². The minimum Gasteiger partial charge on any atom is -0.465 e. The van der Waals surface area contributed by atoms with E-state index in [-0.39, 0.29) is 77.4 Å². The van der Waals surface area contributed by atoms with Gasteiger partial charge in [-0.15, -0.1) is 0 Å². The van der Waals surface area contributed by atoms with Crippen molar-refractivity contribution in [2.75, 3.05) is 30.0 Å². The van der Waals surface area contributed by atoms with Gasteiger partial charge in [-0.1, -0.05) is 39.8 Å². The highest BCUT2D eigenvalue weighted by molar-refractivity contribution is 5.88. The van der Waals surface area contributed by atoms with Crippen molar-refractivity contribution in [1.29, 1.82) is 0 Å². The van der Waals surface area contributed by atoms with Crippen LogP contribution in [0.1, 0.15) is 145 Å². The second-order valence-electron chi connectivity index (χ2n) is 22.0. The molecule has 382 valence electrons. The van der Waals surface area contributed by atoms with Crippen LogP contribution in [0, 0.1) is 35.3 Å². The van der Waals surface area contributed by atoms with Crippen LogP contribution in [0.2, 0.25) is 0 Å². The Morgan fingerprint density at radius 3 is 1.62 bits per heavy atom. The number of aromatic nitrogens is 4. The highest BCUT2D eigenvalue weighted by Gasteiger charge is 2.53. The van der Waals surface area contributed by atoms with Crippen molar-refractivity contribution >= 4 is 57.4 Å². The van der Waals surface area contributed by atoms with Crippen molar-refractivity contribution < 1.29 is 37.8 Å². The number of rotatable bonds is 12. The SMILES string of the molecule is COC(=O)N[C@H](C(=O)N1C2CCC(C2)[C@H]1c1nc2cc([C@H]3CC[C@H](c4ccc5[nH]c([C@@H]6C7CCC(C7)N6C(=O)[C@@H](NC(=O)O)C(C)C)nc5c4)N3c3cc(F)c(N4CCCCC4)c(F)c3)ccc2[nH]1)C(C)C. The maximum absolute atomic E-state index is 16.5. The van der Waals surface area contributed by atoms with Gasteiger partial charge in [0.1, 0.15) is 29.4 Å². The summed E-state index contributed by atoms with van der Waals surface area (Å²) in [7, 11) is 1.29. The number of methoxy groups -OCH3 is 1. The first-order valence-electron chi connectivity index (χ1n) is 26.2. The number of ether oxygens (including phenoxy) is 1. The molecule has 2 aliphatic carbocycles. The van der Waals surface area contributed by atoms with E-state index in [1.165, 1.54) is 19.2 Å². The fourth-order valence-corrected chi connectivity index (χ4v) is 13.7. The van der Waals surface area contributed by atoms with Gasteiger partial charge in [0.2, 0.25) is 11.8 Å². The van der Waals surface area contributed by atoms with Gasteiger partial charge in [-0.2, -0.15) is 0 Å². The molecule has 72 heavy (non-hydrogen) atoms. The minimum absolute atomic E-state index is 0.00232. The highest BCUT2D eigenvalue weighted by atomic mass is 19.1. The van der Waals surface area contributed by atoms with Crippen LogP contribution in [0.4, 0.5) is 29.7 Å². The number of amides is 4. The quantitative estimate of drug-likeness (QED) is 0.0804. The van der Waals surface area contributed by atoms with Gasteiger partial charge >= 0.3 is 12.2 Å². The number of hydrogen-bond donors (Lipinski definition) is 5. The van der Waals surface area contributed by atoms with E-state index in [2.05, 4.69) is 37.6 Å². The molecule has 4 aliphatic heterocycles. The number of aromatic amines is 2. The first-order valence-corrected chi connectivity index (χ1v) is 26.2. The summed E-state index contributed by atoms with van der Waals surface area (Å²) >= 11 is 0. The number of carboxylic acid groups (broad SMARTS) is 1. The number of alkyl carbamates (subject to hydrolysis) is 1. The summed E-state index contributed by atoms with van der Waals surface area (Å²) < 4.78 is 37.9. The Labute approximate surface area is 417 Å². The van der Waals surface area contributed by atoms with Crippen LogP contribution in [-0.4, -0.2) is 103 Å². The number of carbonyl (C=O) groups is 4. The normalized spacial score (nSPS) is 26.7. The lowest BCUT2D eigenvalue weighted by molar-refractivity contribution is -0.140. The molecule has 5 aromatic rings. The minimum atomic E-state index is -1.23. The third kappa shape index (κ3) is 8.35. The Morgan fingerprint density at radius 2 is 1.17 bits per heavy atom. The molecular formula is C54H66F2N10O6. The Balaban J connectivity index is 0.931. The first-order chi connectivity index (χ1) is 34.7. The third-order valence-electron chi connectivity index (χ3n) is 17.0. The standard InChI is InChI=1S/C54H66F2N10O6/c1-27(2)44(61-53(69)70)51(67)65-33-13-9-31(21-33)46(65)49-57-38-15-11-29(23-40(38)59-49)42-17-18-43(64(42)35-25-36(55)48(37(56)26-35)63-19-7-6-8-20-63)30-12-16-39-41(24-30)60-50(58-39)47-32-10-14-34(22-32)66(47)52(68)45(28(3)4)62-54(71)72-5/h11-12,15-16,23-28,31-34,42-47,61H,6-10,13-14,17-22H2,1-5H3,(H,57,59)(H,58,60)(H,62,71)(H,69,70)/t31?,32?,33?,34?,42-,43-,44+,45+,46+,47+/m1/s1. The maximum Gasteiger partial charge on any atom is 0.407 e. The van der Waals surface area contributed by atoms with Gasteiger partial charge in [-0.05, 0) is 142 Å². The van der Waals surface area contributed by atoms with Gasteiger partial charge in [0.05, 0.1) is 53.3 Å². The summed E-state index contributed by atoms with van der Waals surface area (Å²) in [6, 6.07) is 12.4. The largest absolute Gasteiger partial charge is 0.465 e. The smallest absolute Gasteiger partial charge is 0.407 e. The molecule has 11 rings (SSSR count). The van der Waals surface area contributed by atoms with Gasteiger partial charge in [-0.25, -0.2) is 28.3 Å². The molecule has 4 saturated heterocycles. The molecule has 4 unspecified atom stereocenters. The average molecular weight is 989 g/mol. The van der Waals surface area contributed by atoms with Gasteiger partial charge in [0.25, 0.3) is 0 Å². The molecule has 0 spiro atoms. The van der Waals surface area contributed by atoms with Crippen LogP contribution in [0.25, 0.3) is 22.1 Å². The molecule has 4 amide bonds. The predicted molar refractivity (Wildman–Crippen MR) is 267 cm³/mol. The lowest BCUT2D eigenvalue weighted by Crippen LogP contribution is -2.54. The predicted octanol–water partition coefficient (Wildman–Crippen LogP) is 9.57. The second kappa shape index (κ2) is 18.9. The molecule has 6 aliphatic rings. The van der Waals surface area contributed by atoms with E-state index >= 15 is 8.78 Å². The number of anilines is 2. The highest BCUT2D eigenvalue weighted by Crippen LogP contribution is 2.53. The lowest BCUT2D eigenvalue weighted by atomic mass is 9.95. The van der Waals surface area contributed by atoms with Crippen LogP contribution in [0.5, 0.6) is 0 Å². The number of fused-ring (bicyclic) bond motifs is 6. The number of likely N-dealkylation sites (tertiary alicyclic amines) is 2. The molecule has 10 atom stereocenters. The summed E-state index contributed by atoms with van der Waals surface area (Å²) in [6.07, 6.45) is 7.62. The summed E-state index contributed by atoms with van der Waals surface area (Å²) in [5, 5.41) is 14.9. The molecule has 6 fully saturated rings. The van der Waals surface area contributed by atoms with Crippen molar-refractivity contribution in [3.63, 3.8) is 0 Å². The summed E-state index contributed by atoms with van der Waals surface area (Å²) in [6.45, 7) is 8.70. The van der Waals surface area contributed by atoms with Crippen molar-refractivity contribution in [1.82, 2.24) is 40.4 Å². The van der Waals surface area contributed by atoms with Crippen LogP contribution in [0.3, 0.4) is 0 Å². The lowest BCUT2D eigenvalue weighted by Gasteiger charge is -2.37. The number of nitrogens with zero attached hydrogens (tertiary/aromatic N) is 6. The Bertz CT molecular complexity index is 2890. The molecule has 0 radical (unpaired) electrons. The van der Waals surface area contributed by atoms with Gasteiger partial charge in [-0.3, -0.25) is 9.59 Å². The molecule has 18 heteroatoms. The van der Waals surface area contributed by atoms with Crippen LogP contribution < -0.4 is 20.4 Å². The molecule has 6 heterocycles. The van der Waals surface area contributed by atoms with Gasteiger partial charge in [0.15, 0.2) is 11.6 Å². The van der Waals surface area contributed by atoms with E-state index in [1.54, 1.807) is 0 Å². The molecule has 16 nitrogen and oxygen atoms in total. The first kappa shape index (κ1) is 47.8. The summed E-state index contributed by atoms with van der Waals surface area (Å²) in [4.78, 5) is 77.8. The summed E-state index contributed by atoms with van der Waals surface area (Å²) in [5.74, 6) is -0.219. The second-order valence-corrected chi connectivity index (χ2v) is 22.0. The van der Waals surface area contributed by atoms with Crippen LogP contribution in [0.15, 0.2) is 48.5 Å². The average Bonchev–Trinajstić information content (AvgIpc) is 4.24. The van der Waals surface area contributed by atoms with Crippen molar-refractivity contribution in [2.45, 2.75) is 147 Å². The number of carbonyl (C=O) groups excluding carboxylic acids is 3. The number of nitrogens with one attached hydrogen (secondary N) is 4. The zero-order chi connectivity index (χ0) is 50.3. The number of halogens is 2. The van der Waals surface area contributed by atoms with E-state index in [1.807, 2.05) is 66.7 Å². The zero-order valence-corrected chi connectivity index (χ0v) is 41.7. The monoisotopic (exact) mass is 989 g/mol. The van der Waals surface area contributed by atoms with E-state index in [4.69, 9.17) is 14.7 Å². The van der Waals surface area contributed by atoms with Crippen molar-refractivity contribution in [2.24, 2.45) is 23.7 Å². The van der Waals surface area contributed by atoms with Crippen LogP contribution >= 0.6 is 0 Å². The Hall–Kier alpha value is -6.46. The fourth-order valence-electron chi connectivity index (χ4n) is 13.7. The molecule has 5 N–H and O–H groups in total. The molecule has 2 saturated carbocycles. The number of hydrogen-bond acceptors (Lipinski definition) is 9. The number of piperidine rings is 3. The van der Waals surface area contributed by atoms with Crippen LogP contribution in [-0.2, 0) is 14.3 Å². The van der Waals surface area contributed by atoms with Gasteiger partial charge < -0.3 is 50.0 Å². The molecule has 3 aromatic carbocycles. The van der Waals surface area contributed by atoms with Crippen molar-refractivity contribution in [3.05, 3.63) is 82.9 Å². The Morgan fingerprint density at radius 1 is 0.681 bits per heavy atom. The fraction of sp³-hybridized carbons (Fsp3) is 0.556. The number of benzene rings is 3. The van der Waals surface area contributed by atoms with Gasteiger partial charge in [0, 0.05) is 30.9 Å². The molecule has 4 bridgehead atoms. The topological polar surface area (TPSA) is 192 Å². The number of imidazole rings is 2. The zero-order valence-electron chi connectivity index (χ0n) is 41.7. The van der Waals surface area contributed by atoms with E-state index in [0.717, 1.165) is 85.5 Å². The molecular weight excluding hydrogens is 923 g/mol. The summed E-state index contributed by atoms with van der Waals surface area (Å²) in [5.41, 5.74) is 5.37. The maximum atomic E-state index is 16.5. The Kier molecular flexibility index (Phi) is 12.5.